The van der Waals surface area contributed by atoms with Crippen LogP contribution in [0.15, 0.2) is 47.4 Å². The Morgan fingerprint density at radius 3 is 2.56 bits per heavy atom. The Labute approximate surface area is 159 Å². The maximum Gasteiger partial charge on any atom is 0.270 e. The molecule has 0 saturated carbocycles. The molecule has 25 heavy (non-hydrogen) atoms. The average molecular weight is 421 g/mol. The Morgan fingerprint density at radius 2 is 1.88 bits per heavy atom. The van der Waals surface area contributed by atoms with Gasteiger partial charge in [0.05, 0.1) is 19.9 Å². The number of hydrogen-bond acceptors (Lipinski definition) is 5. The molecular weight excluding hydrogens is 407 g/mol. The predicted molar refractivity (Wildman–Crippen MR) is 101 cm³/mol. The minimum absolute atomic E-state index is 0.129. The molecule has 6 nitrogen and oxygen atoms in total. The molecule has 0 fully saturated rings. The molecule has 10 heteroatoms. The van der Waals surface area contributed by atoms with E-state index in [4.69, 9.17) is 23.2 Å². The van der Waals surface area contributed by atoms with Crippen LogP contribution in [0.2, 0.25) is 10.0 Å². The van der Waals surface area contributed by atoms with Crippen LogP contribution in [-0.2, 0) is 15.8 Å². The third-order valence-electron chi connectivity index (χ3n) is 3.13. The summed E-state index contributed by atoms with van der Waals surface area (Å²) in [6.45, 7) is 0.205. The zero-order chi connectivity index (χ0) is 18.4. The molecule has 0 spiro atoms. The SMILES string of the molecule is O=[N+]([O-])c1cccc(S(=O)(=O)NCCSCc2ccc(Cl)c(Cl)c2)c1. The van der Waals surface area contributed by atoms with Crippen molar-refractivity contribution in [2.45, 2.75) is 10.6 Å². The van der Waals surface area contributed by atoms with Crippen molar-refractivity contribution in [3.05, 3.63) is 68.2 Å². The molecule has 0 saturated heterocycles. The molecule has 0 amide bonds. The van der Waals surface area contributed by atoms with Crippen LogP contribution in [0.4, 0.5) is 5.69 Å². The number of hydrogen-bond donors (Lipinski definition) is 1. The van der Waals surface area contributed by atoms with E-state index in [1.807, 2.05) is 6.07 Å². The van der Waals surface area contributed by atoms with Gasteiger partial charge in [-0.3, -0.25) is 10.1 Å². The Bertz CT molecular complexity index is 876. The van der Waals surface area contributed by atoms with E-state index in [-0.39, 0.29) is 17.1 Å². The second kappa shape index (κ2) is 8.86. The number of non-ortho nitro benzene ring substituents is 1. The Morgan fingerprint density at radius 1 is 1.12 bits per heavy atom. The van der Waals surface area contributed by atoms with E-state index in [1.165, 1.54) is 30.0 Å². The van der Waals surface area contributed by atoms with Crippen LogP contribution in [0.25, 0.3) is 0 Å². The van der Waals surface area contributed by atoms with Gasteiger partial charge in [-0.1, -0.05) is 35.3 Å². The van der Waals surface area contributed by atoms with Crippen molar-refractivity contribution in [2.75, 3.05) is 12.3 Å². The summed E-state index contributed by atoms with van der Waals surface area (Å²) in [7, 11) is -3.78. The minimum atomic E-state index is -3.78. The van der Waals surface area contributed by atoms with Gasteiger partial charge in [-0.2, -0.15) is 11.8 Å². The van der Waals surface area contributed by atoms with E-state index in [2.05, 4.69) is 4.72 Å². The first-order valence-electron chi connectivity index (χ1n) is 7.05. The van der Waals surface area contributed by atoms with Gasteiger partial charge in [-0.05, 0) is 23.8 Å². The minimum Gasteiger partial charge on any atom is -0.258 e. The standard InChI is InChI=1S/C15H14Cl2N2O4S2/c16-14-5-4-11(8-15(14)17)10-24-7-6-18-25(22,23)13-3-1-2-12(9-13)19(20)21/h1-5,8-9,18H,6-7,10H2. The maximum atomic E-state index is 12.1. The number of nitrogens with zero attached hydrogens (tertiary/aromatic N) is 1. The van der Waals surface area contributed by atoms with Crippen molar-refractivity contribution in [1.29, 1.82) is 0 Å². The number of thioether (sulfide) groups is 1. The van der Waals surface area contributed by atoms with Crippen molar-refractivity contribution in [1.82, 2.24) is 4.72 Å². The largest absolute Gasteiger partial charge is 0.270 e. The second-order valence-electron chi connectivity index (χ2n) is 4.95. The van der Waals surface area contributed by atoms with Crippen LogP contribution in [0, 0.1) is 10.1 Å². The highest BCUT2D eigenvalue weighted by Gasteiger charge is 2.16. The summed E-state index contributed by atoms with van der Waals surface area (Å²) < 4.78 is 26.7. The zero-order valence-corrected chi connectivity index (χ0v) is 16.0. The fourth-order valence-corrected chi connectivity index (χ4v) is 4.24. The summed E-state index contributed by atoms with van der Waals surface area (Å²) in [5.74, 6) is 1.20. The van der Waals surface area contributed by atoms with Gasteiger partial charge < -0.3 is 0 Å². The Hall–Kier alpha value is -1.32. The molecule has 0 bridgehead atoms. The molecule has 1 N–H and O–H groups in total. The van der Waals surface area contributed by atoms with Gasteiger partial charge in [0.15, 0.2) is 0 Å². The summed E-state index contributed by atoms with van der Waals surface area (Å²) in [5.41, 5.74) is 0.720. The lowest BCUT2D eigenvalue weighted by Gasteiger charge is -2.07. The summed E-state index contributed by atoms with van der Waals surface area (Å²) in [4.78, 5) is 9.97. The van der Waals surface area contributed by atoms with Gasteiger partial charge >= 0.3 is 0 Å². The average Bonchev–Trinajstić information content (AvgIpc) is 2.57. The summed E-state index contributed by atoms with van der Waals surface area (Å²) in [6, 6.07) is 10.3. The highest BCUT2D eigenvalue weighted by molar-refractivity contribution is 7.98. The van der Waals surface area contributed by atoms with Crippen LogP contribution >= 0.6 is 35.0 Å². The fraction of sp³-hybridized carbons (Fsp3) is 0.200. The molecule has 0 heterocycles. The Balaban J connectivity index is 1.85. The number of halogens is 2. The molecule has 0 unspecified atom stereocenters. The van der Waals surface area contributed by atoms with E-state index in [1.54, 1.807) is 12.1 Å². The van der Waals surface area contributed by atoms with Crippen LogP contribution in [0.5, 0.6) is 0 Å². The molecule has 2 aromatic carbocycles. The lowest BCUT2D eigenvalue weighted by molar-refractivity contribution is -0.385. The molecule has 0 aromatic heterocycles. The van der Waals surface area contributed by atoms with Gasteiger partial charge in [-0.25, -0.2) is 13.1 Å². The van der Waals surface area contributed by atoms with E-state index < -0.39 is 14.9 Å². The number of rotatable bonds is 8. The quantitative estimate of drug-likeness (QED) is 0.394. The second-order valence-corrected chi connectivity index (χ2v) is 8.64. The number of sulfonamides is 1. The smallest absolute Gasteiger partial charge is 0.258 e. The van der Waals surface area contributed by atoms with Gasteiger partial charge in [-0.15, -0.1) is 0 Å². The summed E-state index contributed by atoms with van der Waals surface area (Å²) >= 11 is 13.3. The number of nitro groups is 1. The topological polar surface area (TPSA) is 89.3 Å². The first-order valence-corrected chi connectivity index (χ1v) is 10.4. The first-order chi connectivity index (χ1) is 11.8. The van der Waals surface area contributed by atoms with Crippen LogP contribution in [0.3, 0.4) is 0 Å². The lowest BCUT2D eigenvalue weighted by atomic mass is 10.2. The zero-order valence-electron chi connectivity index (χ0n) is 12.8. The van der Waals surface area contributed by atoms with Gasteiger partial charge in [0, 0.05) is 30.2 Å². The Kier molecular flexibility index (Phi) is 7.09. The molecule has 0 atom stereocenters. The molecule has 134 valence electrons. The van der Waals surface area contributed by atoms with Crippen molar-refractivity contribution in [3.63, 3.8) is 0 Å². The molecule has 2 rings (SSSR count). The fourth-order valence-electron chi connectivity index (χ4n) is 1.92. The number of benzene rings is 2. The van der Waals surface area contributed by atoms with Crippen molar-refractivity contribution < 1.29 is 13.3 Å². The molecule has 0 aliphatic rings. The molecule has 2 aromatic rings. The lowest BCUT2D eigenvalue weighted by Crippen LogP contribution is -2.26. The highest BCUT2D eigenvalue weighted by Crippen LogP contribution is 2.24. The molecule has 0 aliphatic heterocycles. The van der Waals surface area contributed by atoms with E-state index in [0.29, 0.717) is 21.6 Å². The number of nitro benzene ring substituents is 1. The molecule has 0 aliphatic carbocycles. The number of nitrogens with one attached hydrogen (secondary N) is 1. The predicted octanol–water partition coefficient (Wildman–Crippen LogP) is 4.11. The van der Waals surface area contributed by atoms with Gasteiger partial charge in [0.1, 0.15) is 0 Å². The maximum absolute atomic E-state index is 12.1. The van der Waals surface area contributed by atoms with Crippen molar-refractivity contribution >= 4 is 50.7 Å². The van der Waals surface area contributed by atoms with E-state index in [0.717, 1.165) is 11.6 Å². The normalized spacial score (nSPS) is 11.4. The molecule has 0 radical (unpaired) electrons. The van der Waals surface area contributed by atoms with Gasteiger partial charge in [0.2, 0.25) is 10.0 Å². The summed E-state index contributed by atoms with van der Waals surface area (Å²) in [5, 5.41) is 11.7. The van der Waals surface area contributed by atoms with E-state index in [9.17, 15) is 18.5 Å². The third-order valence-corrected chi connectivity index (χ3v) is 6.36. The van der Waals surface area contributed by atoms with Crippen molar-refractivity contribution in [3.8, 4) is 0 Å². The van der Waals surface area contributed by atoms with Crippen LogP contribution in [0.1, 0.15) is 5.56 Å². The van der Waals surface area contributed by atoms with Crippen molar-refractivity contribution in [2.24, 2.45) is 0 Å². The van der Waals surface area contributed by atoms with Crippen LogP contribution in [-0.4, -0.2) is 25.6 Å². The first kappa shape index (κ1) is 20.0. The van der Waals surface area contributed by atoms with E-state index >= 15 is 0 Å². The van der Waals surface area contributed by atoms with Crippen LogP contribution < -0.4 is 4.72 Å². The molecular formula is C15H14Cl2N2O4S2. The summed E-state index contributed by atoms with van der Waals surface area (Å²) in [6.07, 6.45) is 0. The van der Waals surface area contributed by atoms with Gasteiger partial charge in [0.25, 0.3) is 5.69 Å². The monoisotopic (exact) mass is 420 g/mol. The third kappa shape index (κ3) is 5.86. The highest BCUT2D eigenvalue weighted by atomic mass is 35.5.